The van der Waals surface area contributed by atoms with Gasteiger partial charge in [-0.2, -0.15) is 0 Å². The van der Waals surface area contributed by atoms with Crippen LogP contribution in [0, 0.1) is 29.3 Å². The summed E-state index contributed by atoms with van der Waals surface area (Å²) in [5.74, 6) is 1.65. The first-order valence-corrected chi connectivity index (χ1v) is 10.8. The van der Waals surface area contributed by atoms with E-state index in [2.05, 4.69) is 44.7 Å². The van der Waals surface area contributed by atoms with E-state index in [1.807, 2.05) is 12.1 Å². The molecule has 0 aliphatic heterocycles. The van der Waals surface area contributed by atoms with Crippen LogP contribution >= 0.6 is 0 Å². The van der Waals surface area contributed by atoms with Crippen LogP contribution in [-0.2, 0) is 0 Å². The van der Waals surface area contributed by atoms with Gasteiger partial charge in [0.25, 0.3) is 0 Å². The van der Waals surface area contributed by atoms with E-state index in [0.29, 0.717) is 0 Å². The molecule has 24 heavy (non-hydrogen) atoms. The molecule has 0 unspecified atom stereocenters. The Morgan fingerprint density at radius 2 is 1.21 bits per heavy atom. The number of hydrogen-bond donors (Lipinski definition) is 0. The van der Waals surface area contributed by atoms with Crippen molar-refractivity contribution < 1.29 is 13.2 Å². The highest BCUT2D eigenvalue weighted by Gasteiger charge is 2.28. The summed E-state index contributed by atoms with van der Waals surface area (Å²) in [5, 5.41) is 1.42. The lowest BCUT2D eigenvalue weighted by Gasteiger charge is -2.28. The summed E-state index contributed by atoms with van der Waals surface area (Å²) in [6.45, 7) is 6.76. The second-order valence-electron chi connectivity index (χ2n) is 5.92. The van der Waals surface area contributed by atoms with E-state index in [-0.39, 0.29) is 5.56 Å². The van der Waals surface area contributed by atoms with E-state index >= 15 is 0 Å². The molecule has 0 spiro atoms. The Bertz CT molecular complexity index is 734. The van der Waals surface area contributed by atoms with E-state index in [1.165, 1.54) is 23.3 Å². The monoisotopic (exact) mass is 346 g/mol. The van der Waals surface area contributed by atoms with Gasteiger partial charge in [0.1, 0.15) is 0 Å². The van der Waals surface area contributed by atoms with Gasteiger partial charge in [-0.15, -0.1) is 0 Å². The van der Waals surface area contributed by atoms with Crippen LogP contribution in [0.5, 0.6) is 0 Å². The minimum Gasteiger partial charge on any atom is -0.204 e. The van der Waals surface area contributed by atoms with Crippen LogP contribution in [0.25, 0.3) is 0 Å². The van der Waals surface area contributed by atoms with E-state index in [4.69, 9.17) is 0 Å². The minimum absolute atomic E-state index is 0.120. The Labute approximate surface area is 142 Å². The van der Waals surface area contributed by atoms with Crippen LogP contribution in [-0.4, -0.2) is 8.07 Å². The third-order valence-corrected chi connectivity index (χ3v) is 10.5. The Morgan fingerprint density at radius 1 is 0.750 bits per heavy atom. The van der Waals surface area contributed by atoms with Gasteiger partial charge >= 0.3 is 0 Å². The van der Waals surface area contributed by atoms with Crippen molar-refractivity contribution in [1.29, 1.82) is 0 Å². The first kappa shape index (κ1) is 18.3. The molecule has 0 N–H and O–H groups in total. The number of benzene rings is 2. The fraction of sp³-hybridized carbons (Fsp3) is 0.300. The lowest BCUT2D eigenvalue weighted by molar-refractivity contribution is 0.446. The summed E-state index contributed by atoms with van der Waals surface area (Å²) in [6.07, 6.45) is 0. The molecule has 0 radical (unpaired) electrons. The molecule has 2 aromatic rings. The average Bonchev–Trinajstić information content (AvgIpc) is 2.60. The van der Waals surface area contributed by atoms with Crippen LogP contribution < -0.4 is 5.19 Å². The second kappa shape index (κ2) is 7.72. The molecule has 126 valence electrons. The van der Waals surface area contributed by atoms with E-state index < -0.39 is 25.5 Å². The van der Waals surface area contributed by atoms with Gasteiger partial charge in [0, 0.05) is 11.1 Å². The summed E-state index contributed by atoms with van der Waals surface area (Å²) < 4.78 is 39.3. The molecule has 0 aliphatic carbocycles. The Hall–Kier alpha value is -1.99. The molecule has 0 amide bonds. The van der Waals surface area contributed by atoms with Gasteiger partial charge < -0.3 is 0 Å². The fourth-order valence-corrected chi connectivity index (χ4v) is 6.64. The average molecular weight is 346 g/mol. The first-order valence-electron chi connectivity index (χ1n) is 8.22. The Kier molecular flexibility index (Phi) is 5.90. The molecule has 2 rings (SSSR count). The van der Waals surface area contributed by atoms with Crippen LogP contribution in [0.1, 0.15) is 31.9 Å². The quantitative estimate of drug-likeness (QED) is 0.404. The van der Waals surface area contributed by atoms with Gasteiger partial charge in [-0.1, -0.05) is 68.1 Å². The SMILES string of the molecule is CC[Si](CC)(CC)c1ccc(C#Cc2cc(F)c(F)c(F)c2)cc1. The summed E-state index contributed by atoms with van der Waals surface area (Å²) in [7, 11) is -1.41. The molecule has 0 atom stereocenters. The molecular weight excluding hydrogens is 325 g/mol. The van der Waals surface area contributed by atoms with Crippen LogP contribution in [0.2, 0.25) is 18.1 Å². The Balaban J connectivity index is 2.28. The van der Waals surface area contributed by atoms with Crippen molar-refractivity contribution in [2.75, 3.05) is 0 Å². The van der Waals surface area contributed by atoms with Crippen molar-refractivity contribution in [3.8, 4) is 11.8 Å². The zero-order valence-corrected chi connectivity index (χ0v) is 15.2. The van der Waals surface area contributed by atoms with Gasteiger partial charge in [-0.05, 0) is 24.3 Å². The van der Waals surface area contributed by atoms with Crippen molar-refractivity contribution in [2.24, 2.45) is 0 Å². The summed E-state index contributed by atoms with van der Waals surface area (Å²) >= 11 is 0. The van der Waals surface area contributed by atoms with Crippen molar-refractivity contribution in [3.63, 3.8) is 0 Å². The zero-order chi connectivity index (χ0) is 17.7. The van der Waals surface area contributed by atoms with Gasteiger partial charge in [-0.25, -0.2) is 13.2 Å². The van der Waals surface area contributed by atoms with Gasteiger partial charge in [0.05, 0.1) is 8.07 Å². The van der Waals surface area contributed by atoms with E-state index in [9.17, 15) is 13.2 Å². The third kappa shape index (κ3) is 3.73. The lowest BCUT2D eigenvalue weighted by atomic mass is 10.1. The molecule has 0 aliphatic rings. The molecule has 4 heteroatoms. The van der Waals surface area contributed by atoms with Gasteiger partial charge in [-0.3, -0.25) is 0 Å². The molecule has 0 heterocycles. The lowest BCUT2D eigenvalue weighted by Crippen LogP contribution is -2.45. The first-order chi connectivity index (χ1) is 11.5. The van der Waals surface area contributed by atoms with E-state index in [1.54, 1.807) is 0 Å². The molecule has 0 fully saturated rings. The normalized spacial score (nSPS) is 11.1. The molecule has 0 bridgehead atoms. The highest BCUT2D eigenvalue weighted by molar-refractivity contribution is 6.91. The highest BCUT2D eigenvalue weighted by atomic mass is 28.3. The maximum Gasteiger partial charge on any atom is 0.194 e. The predicted octanol–water partition coefficient (Wildman–Crippen LogP) is 5.22. The number of rotatable bonds is 4. The molecule has 0 saturated heterocycles. The van der Waals surface area contributed by atoms with Crippen LogP contribution in [0.15, 0.2) is 36.4 Å². The maximum atomic E-state index is 13.2. The highest BCUT2D eigenvalue weighted by Crippen LogP contribution is 2.20. The van der Waals surface area contributed by atoms with Crippen LogP contribution in [0.3, 0.4) is 0 Å². The standard InChI is InChI=1S/C20H21F3Si/c1-4-24(5-2,6-3)17-11-9-15(10-12-17)7-8-16-13-18(21)20(23)19(22)14-16/h9-14H,4-6H2,1-3H3. The van der Waals surface area contributed by atoms with E-state index in [0.717, 1.165) is 17.7 Å². The summed E-state index contributed by atoms with van der Waals surface area (Å²) in [6, 6.07) is 13.6. The van der Waals surface area contributed by atoms with Gasteiger partial charge in [0.2, 0.25) is 0 Å². The Morgan fingerprint density at radius 3 is 1.67 bits per heavy atom. The third-order valence-electron chi connectivity index (χ3n) is 4.86. The topological polar surface area (TPSA) is 0 Å². The van der Waals surface area contributed by atoms with Crippen LogP contribution in [0.4, 0.5) is 13.2 Å². The number of halogens is 3. The zero-order valence-electron chi connectivity index (χ0n) is 14.2. The second-order valence-corrected chi connectivity index (χ2v) is 11.2. The van der Waals surface area contributed by atoms with Crippen molar-refractivity contribution >= 4 is 13.3 Å². The molecule has 0 aromatic heterocycles. The summed E-state index contributed by atoms with van der Waals surface area (Å²) in [5.41, 5.74) is 0.893. The number of hydrogen-bond acceptors (Lipinski definition) is 0. The van der Waals surface area contributed by atoms with Crippen molar-refractivity contribution in [2.45, 2.75) is 38.9 Å². The van der Waals surface area contributed by atoms with Crippen molar-refractivity contribution in [3.05, 3.63) is 65.0 Å². The predicted molar refractivity (Wildman–Crippen MR) is 95.6 cm³/mol. The molecule has 0 saturated carbocycles. The molecule has 2 aromatic carbocycles. The van der Waals surface area contributed by atoms with Gasteiger partial charge in [0.15, 0.2) is 17.5 Å². The molecular formula is C20H21F3Si. The molecule has 0 nitrogen and oxygen atoms in total. The maximum absolute atomic E-state index is 13.2. The summed E-state index contributed by atoms with van der Waals surface area (Å²) in [4.78, 5) is 0. The largest absolute Gasteiger partial charge is 0.204 e. The smallest absolute Gasteiger partial charge is 0.194 e. The minimum atomic E-state index is -1.47. The van der Waals surface area contributed by atoms with Crippen molar-refractivity contribution in [1.82, 2.24) is 0 Å². The fourth-order valence-electron chi connectivity index (χ4n) is 3.04.